The molecule has 3 heterocycles. The molecule has 1 aliphatic heterocycles. The van der Waals surface area contributed by atoms with E-state index in [4.69, 9.17) is 27.1 Å². The Morgan fingerprint density at radius 1 is 1.14 bits per heavy atom. The van der Waals surface area contributed by atoms with Crippen molar-refractivity contribution in [2.45, 2.75) is 62.8 Å². The number of imidazole rings is 1. The second-order valence-corrected chi connectivity index (χ2v) is 9.73. The molecule has 35 heavy (non-hydrogen) atoms. The lowest BCUT2D eigenvalue weighted by Crippen LogP contribution is -2.34. The summed E-state index contributed by atoms with van der Waals surface area (Å²) < 4.78 is 36.6. The van der Waals surface area contributed by atoms with Crippen LogP contribution in [0.15, 0.2) is 29.2 Å². The Bertz CT molecular complexity index is 1160. The van der Waals surface area contributed by atoms with Gasteiger partial charge < -0.3 is 21.1 Å². The molecule has 0 bridgehead atoms. The summed E-state index contributed by atoms with van der Waals surface area (Å²) in [5, 5.41) is 6.30. The van der Waals surface area contributed by atoms with Crippen molar-refractivity contribution in [3.63, 3.8) is 0 Å². The van der Waals surface area contributed by atoms with Crippen LogP contribution in [0.4, 0.5) is 20.7 Å². The SMILES string of the molecule is NC(=O)C1CCC(n2c(NC3C(F)=CC(Cl)=CC3F)nc3cnc(NC4CCOCC4)nc32)CC1. The van der Waals surface area contributed by atoms with Gasteiger partial charge in [0, 0.05) is 36.2 Å². The molecule has 2 aromatic heterocycles. The lowest BCUT2D eigenvalue weighted by atomic mass is 9.85. The lowest BCUT2D eigenvalue weighted by Gasteiger charge is -2.30. The predicted molar refractivity (Wildman–Crippen MR) is 128 cm³/mol. The fraction of sp³-hybridized carbons (Fsp3) is 0.565. The third-order valence-corrected chi connectivity index (χ3v) is 7.18. The average molecular weight is 508 g/mol. The summed E-state index contributed by atoms with van der Waals surface area (Å²) >= 11 is 5.81. The first-order valence-corrected chi connectivity index (χ1v) is 12.3. The van der Waals surface area contributed by atoms with Crippen LogP contribution in [0.5, 0.6) is 0 Å². The Balaban J connectivity index is 1.48. The smallest absolute Gasteiger partial charge is 0.224 e. The summed E-state index contributed by atoms with van der Waals surface area (Å²) in [6.07, 6.45) is 6.47. The minimum Gasteiger partial charge on any atom is -0.381 e. The van der Waals surface area contributed by atoms with Crippen LogP contribution in [0.1, 0.15) is 44.6 Å². The highest BCUT2D eigenvalue weighted by atomic mass is 35.5. The minimum absolute atomic E-state index is 0.0148. The van der Waals surface area contributed by atoms with Crippen molar-refractivity contribution in [2.75, 3.05) is 23.8 Å². The summed E-state index contributed by atoms with van der Waals surface area (Å²) in [5.74, 6) is -0.443. The molecule has 2 atom stereocenters. The molecule has 0 spiro atoms. The van der Waals surface area contributed by atoms with Crippen LogP contribution in [0.3, 0.4) is 0 Å². The van der Waals surface area contributed by atoms with Crippen molar-refractivity contribution >= 4 is 40.6 Å². The number of halogens is 3. The van der Waals surface area contributed by atoms with Gasteiger partial charge in [-0.1, -0.05) is 11.6 Å². The molecule has 12 heteroatoms. The number of allylic oxidation sites excluding steroid dienone is 2. The van der Waals surface area contributed by atoms with E-state index in [9.17, 15) is 13.6 Å². The molecule has 2 fully saturated rings. The summed E-state index contributed by atoms with van der Waals surface area (Å²) in [7, 11) is 0. The fourth-order valence-electron chi connectivity index (χ4n) is 5.01. The topological polar surface area (TPSA) is 120 Å². The van der Waals surface area contributed by atoms with Crippen LogP contribution < -0.4 is 16.4 Å². The number of nitrogens with zero attached hydrogens (tertiary/aromatic N) is 4. The normalized spacial score (nSPS) is 27.9. The Kier molecular flexibility index (Phi) is 6.88. The lowest BCUT2D eigenvalue weighted by molar-refractivity contribution is -0.122. The number of alkyl halides is 1. The summed E-state index contributed by atoms with van der Waals surface area (Å²) in [5.41, 5.74) is 6.58. The van der Waals surface area contributed by atoms with Gasteiger partial charge in [0.05, 0.1) is 6.20 Å². The molecule has 1 amide bonds. The second-order valence-electron chi connectivity index (χ2n) is 9.29. The zero-order valence-electron chi connectivity index (χ0n) is 19.1. The molecular formula is C23H28ClF2N7O2. The van der Waals surface area contributed by atoms with E-state index >= 15 is 0 Å². The van der Waals surface area contributed by atoms with Crippen LogP contribution >= 0.6 is 11.6 Å². The number of carbonyl (C=O) groups is 1. The molecule has 188 valence electrons. The van der Waals surface area contributed by atoms with Gasteiger partial charge in [-0.15, -0.1) is 0 Å². The monoisotopic (exact) mass is 507 g/mol. The highest BCUT2D eigenvalue weighted by Gasteiger charge is 2.33. The quantitative estimate of drug-likeness (QED) is 0.544. The van der Waals surface area contributed by atoms with Gasteiger partial charge in [-0.05, 0) is 50.7 Å². The molecule has 9 nitrogen and oxygen atoms in total. The molecule has 2 aromatic rings. The number of amides is 1. The van der Waals surface area contributed by atoms with Gasteiger partial charge in [-0.25, -0.2) is 18.7 Å². The zero-order valence-corrected chi connectivity index (χ0v) is 19.8. The number of aromatic nitrogens is 4. The van der Waals surface area contributed by atoms with Crippen LogP contribution in [-0.2, 0) is 9.53 Å². The molecule has 1 saturated carbocycles. The van der Waals surface area contributed by atoms with E-state index in [0.29, 0.717) is 62.0 Å². The molecular weight excluding hydrogens is 480 g/mol. The van der Waals surface area contributed by atoms with E-state index in [2.05, 4.69) is 20.6 Å². The van der Waals surface area contributed by atoms with Gasteiger partial charge in [0.2, 0.25) is 17.8 Å². The number of fused-ring (bicyclic) bond motifs is 1. The number of carbonyl (C=O) groups excluding carboxylic acids is 1. The van der Waals surface area contributed by atoms with Crippen molar-refractivity contribution in [1.29, 1.82) is 0 Å². The highest BCUT2D eigenvalue weighted by molar-refractivity contribution is 6.31. The molecule has 2 aliphatic carbocycles. The van der Waals surface area contributed by atoms with Crippen molar-refractivity contribution in [3.05, 3.63) is 29.2 Å². The number of hydrogen-bond acceptors (Lipinski definition) is 7. The minimum atomic E-state index is -1.66. The fourth-order valence-corrected chi connectivity index (χ4v) is 5.23. The summed E-state index contributed by atoms with van der Waals surface area (Å²) in [6, 6.07) is -1.13. The van der Waals surface area contributed by atoms with Gasteiger partial charge in [0.25, 0.3) is 0 Å². The van der Waals surface area contributed by atoms with Gasteiger partial charge in [0.1, 0.15) is 23.6 Å². The number of anilines is 2. The van der Waals surface area contributed by atoms with Gasteiger partial charge >= 0.3 is 0 Å². The van der Waals surface area contributed by atoms with Gasteiger partial charge in [-0.3, -0.25) is 9.36 Å². The first-order valence-electron chi connectivity index (χ1n) is 11.9. The Morgan fingerprint density at radius 3 is 2.57 bits per heavy atom. The maximum absolute atomic E-state index is 14.7. The van der Waals surface area contributed by atoms with Crippen molar-refractivity contribution in [1.82, 2.24) is 19.5 Å². The molecule has 0 radical (unpaired) electrons. The van der Waals surface area contributed by atoms with Crippen LogP contribution in [0.2, 0.25) is 0 Å². The van der Waals surface area contributed by atoms with Crippen LogP contribution in [0, 0.1) is 5.92 Å². The Morgan fingerprint density at radius 2 is 1.89 bits per heavy atom. The molecule has 0 aromatic carbocycles. The van der Waals surface area contributed by atoms with Crippen LogP contribution in [0.25, 0.3) is 11.2 Å². The molecule has 3 aliphatic rings. The predicted octanol–water partition coefficient (Wildman–Crippen LogP) is 3.74. The van der Waals surface area contributed by atoms with Crippen molar-refractivity contribution in [3.8, 4) is 0 Å². The maximum Gasteiger partial charge on any atom is 0.224 e. The molecule has 5 rings (SSSR count). The van der Waals surface area contributed by atoms with E-state index < -0.39 is 18.0 Å². The summed E-state index contributed by atoms with van der Waals surface area (Å²) in [6.45, 7) is 1.36. The second kappa shape index (κ2) is 10.1. The molecule has 2 unspecified atom stereocenters. The molecule has 4 N–H and O–H groups in total. The van der Waals surface area contributed by atoms with E-state index in [1.807, 2.05) is 4.57 Å². The largest absolute Gasteiger partial charge is 0.381 e. The first-order chi connectivity index (χ1) is 16.9. The van der Waals surface area contributed by atoms with E-state index in [1.54, 1.807) is 6.20 Å². The zero-order chi connectivity index (χ0) is 24.5. The van der Waals surface area contributed by atoms with Gasteiger partial charge in [-0.2, -0.15) is 4.98 Å². The summed E-state index contributed by atoms with van der Waals surface area (Å²) in [4.78, 5) is 25.4. The van der Waals surface area contributed by atoms with Gasteiger partial charge in [0.15, 0.2) is 5.65 Å². The third-order valence-electron chi connectivity index (χ3n) is 6.95. The molecule has 1 saturated heterocycles. The number of ether oxygens (including phenoxy) is 1. The number of primary amides is 1. The van der Waals surface area contributed by atoms with E-state index in [1.165, 1.54) is 0 Å². The van der Waals surface area contributed by atoms with Crippen molar-refractivity contribution in [2.24, 2.45) is 11.7 Å². The highest BCUT2D eigenvalue weighted by Crippen LogP contribution is 2.37. The maximum atomic E-state index is 14.7. The van der Waals surface area contributed by atoms with E-state index in [-0.39, 0.29) is 28.9 Å². The average Bonchev–Trinajstić information content (AvgIpc) is 3.19. The van der Waals surface area contributed by atoms with E-state index in [0.717, 1.165) is 25.0 Å². The number of nitrogens with one attached hydrogen (secondary N) is 2. The number of rotatable bonds is 6. The Labute approximate surface area is 206 Å². The first kappa shape index (κ1) is 23.9. The van der Waals surface area contributed by atoms with Crippen LogP contribution in [-0.4, -0.2) is 56.9 Å². The number of nitrogens with two attached hydrogens (primary N) is 1. The standard InChI is InChI=1S/C23H28ClF2N7O2/c24-13-9-16(25)19(17(26)10-13)31-23-30-18-11-28-22(29-14-5-7-35-8-6-14)32-21(18)33(23)15-3-1-12(2-4-15)20(27)34/h9-12,14-16,19H,1-8H2,(H2,27,34)(H,30,31)(H,28,29,32). The van der Waals surface area contributed by atoms with Crippen molar-refractivity contribution < 1.29 is 18.3 Å². The number of hydrogen-bond donors (Lipinski definition) is 3. The Hall–Kier alpha value is -2.79. The third kappa shape index (κ3) is 5.11.